The molecule has 0 bridgehead atoms. The zero-order valence-corrected chi connectivity index (χ0v) is 17.6. The summed E-state index contributed by atoms with van der Waals surface area (Å²) in [7, 11) is 0. The van der Waals surface area contributed by atoms with E-state index in [1.54, 1.807) is 0 Å². The first-order valence-corrected chi connectivity index (χ1v) is 10.6. The molecule has 2 heteroatoms. The molecule has 0 heterocycles. The molecule has 0 aromatic heterocycles. The minimum Gasteiger partial charge on any atom is -0.313 e. The summed E-state index contributed by atoms with van der Waals surface area (Å²) in [5.74, 6) is 0.893. The summed E-state index contributed by atoms with van der Waals surface area (Å²) in [5.41, 5.74) is 0. The van der Waals surface area contributed by atoms with Gasteiger partial charge in [0.2, 0.25) is 0 Å². The molecule has 0 radical (unpaired) electrons. The summed E-state index contributed by atoms with van der Waals surface area (Å²) >= 11 is 0. The van der Waals surface area contributed by atoms with Crippen molar-refractivity contribution < 1.29 is 0 Å². The van der Waals surface area contributed by atoms with E-state index in [0.717, 1.165) is 19.0 Å². The van der Waals surface area contributed by atoms with Gasteiger partial charge in [-0.05, 0) is 18.9 Å². The predicted molar refractivity (Wildman–Crippen MR) is 114 cm³/mol. The van der Waals surface area contributed by atoms with Gasteiger partial charge in [-0.2, -0.15) is 0 Å². The van der Waals surface area contributed by atoms with Crippen molar-refractivity contribution in [2.24, 2.45) is 5.92 Å². The van der Waals surface area contributed by atoms with Gasteiger partial charge in [0.05, 0.1) is 0 Å². The third-order valence-corrected chi connectivity index (χ3v) is 4.67. The number of hydrogen-bond donors (Lipinski definition) is 1. The van der Waals surface area contributed by atoms with E-state index in [1.807, 2.05) is 6.08 Å². The van der Waals surface area contributed by atoms with Gasteiger partial charge in [0.25, 0.3) is 0 Å². The first-order valence-electron chi connectivity index (χ1n) is 10.6. The third-order valence-electron chi connectivity index (χ3n) is 4.67. The minimum atomic E-state index is 0. The normalized spacial score (nSPS) is 10.8. The number of rotatable bonds is 19. The smallest absolute Gasteiger partial charge is 0.0132 e. The molecule has 0 amide bonds. The first kappa shape index (κ1) is 26.2. The molecular weight excluding hydrogens is 314 g/mol. The zero-order valence-electron chi connectivity index (χ0n) is 16.8. The van der Waals surface area contributed by atoms with Gasteiger partial charge in [-0.1, -0.05) is 110 Å². The predicted octanol–water partition coefficient (Wildman–Crippen LogP) is 7.69. The van der Waals surface area contributed by atoms with Crippen molar-refractivity contribution in [2.75, 3.05) is 13.1 Å². The summed E-state index contributed by atoms with van der Waals surface area (Å²) in [6, 6.07) is 0. The first-order chi connectivity index (χ1) is 11.3. The maximum atomic E-state index is 3.71. The highest BCUT2D eigenvalue weighted by Crippen LogP contribution is 2.14. The number of nitrogens with one attached hydrogen (secondary N) is 1. The van der Waals surface area contributed by atoms with Crippen LogP contribution in [0.3, 0.4) is 0 Å². The van der Waals surface area contributed by atoms with Crippen LogP contribution in [0.2, 0.25) is 0 Å². The Bertz CT molecular complexity index is 228. The summed E-state index contributed by atoms with van der Waals surface area (Å²) in [5, 5.41) is 3.37. The Kier molecular flexibility index (Phi) is 25.1. The quantitative estimate of drug-likeness (QED) is 0.184. The number of hydrogen-bond acceptors (Lipinski definition) is 1. The molecule has 0 aromatic rings. The van der Waals surface area contributed by atoms with Gasteiger partial charge >= 0.3 is 0 Å². The molecule has 0 aliphatic heterocycles. The maximum Gasteiger partial charge on any atom is 0.0132 e. The molecule has 0 saturated carbocycles. The van der Waals surface area contributed by atoms with E-state index in [-0.39, 0.29) is 12.4 Å². The molecule has 0 fully saturated rings. The molecule has 24 heavy (non-hydrogen) atoms. The second-order valence-electron chi connectivity index (χ2n) is 7.63. The van der Waals surface area contributed by atoms with E-state index < -0.39 is 0 Å². The zero-order chi connectivity index (χ0) is 17.0. The molecule has 0 aliphatic carbocycles. The minimum absolute atomic E-state index is 0. The Balaban J connectivity index is 0. The van der Waals surface area contributed by atoms with Gasteiger partial charge in [0, 0.05) is 6.54 Å². The fourth-order valence-electron chi connectivity index (χ4n) is 3.13. The Hall–Kier alpha value is -0.0100. The van der Waals surface area contributed by atoms with Crippen LogP contribution in [0.4, 0.5) is 0 Å². The van der Waals surface area contributed by atoms with Crippen molar-refractivity contribution in [1.82, 2.24) is 5.32 Å². The standard InChI is InChI=1S/C22H45N.ClH/c1-4-20-23-21-18-16-14-12-10-8-6-5-7-9-11-13-15-17-19-22(2)3;/h4,22-23H,1,5-21H2,2-3H3;1H. The lowest BCUT2D eigenvalue weighted by Crippen LogP contribution is -2.14. The number of halogens is 1. The van der Waals surface area contributed by atoms with Crippen LogP contribution in [0.5, 0.6) is 0 Å². The second-order valence-corrected chi connectivity index (χ2v) is 7.63. The Morgan fingerprint density at radius 2 is 1.04 bits per heavy atom. The maximum absolute atomic E-state index is 3.71. The molecule has 0 atom stereocenters. The van der Waals surface area contributed by atoms with Gasteiger partial charge in [-0.15, -0.1) is 19.0 Å². The van der Waals surface area contributed by atoms with Crippen molar-refractivity contribution in [2.45, 2.75) is 110 Å². The molecular formula is C22H46ClN. The van der Waals surface area contributed by atoms with E-state index in [9.17, 15) is 0 Å². The van der Waals surface area contributed by atoms with Crippen molar-refractivity contribution in [3.05, 3.63) is 12.7 Å². The van der Waals surface area contributed by atoms with Crippen LogP contribution in [0.15, 0.2) is 12.7 Å². The van der Waals surface area contributed by atoms with Crippen LogP contribution in [0.1, 0.15) is 110 Å². The van der Waals surface area contributed by atoms with E-state index >= 15 is 0 Å². The van der Waals surface area contributed by atoms with Gasteiger partial charge < -0.3 is 5.32 Å². The molecule has 0 rings (SSSR count). The summed E-state index contributed by atoms with van der Waals surface area (Å²) in [4.78, 5) is 0. The van der Waals surface area contributed by atoms with Crippen LogP contribution in [-0.4, -0.2) is 13.1 Å². The fourth-order valence-corrected chi connectivity index (χ4v) is 3.13. The summed E-state index contributed by atoms with van der Waals surface area (Å²) < 4.78 is 0. The van der Waals surface area contributed by atoms with Crippen molar-refractivity contribution in [3.63, 3.8) is 0 Å². The molecule has 0 aliphatic rings. The molecule has 0 saturated heterocycles. The lowest BCUT2D eigenvalue weighted by atomic mass is 10.0. The van der Waals surface area contributed by atoms with Crippen molar-refractivity contribution in [1.29, 1.82) is 0 Å². The number of unbranched alkanes of at least 4 members (excludes halogenated alkanes) is 13. The average Bonchev–Trinajstić information content (AvgIpc) is 2.53. The lowest BCUT2D eigenvalue weighted by Gasteiger charge is -2.05. The Morgan fingerprint density at radius 1 is 0.667 bits per heavy atom. The third kappa shape index (κ3) is 24.2. The largest absolute Gasteiger partial charge is 0.313 e. The van der Waals surface area contributed by atoms with Crippen LogP contribution in [0, 0.1) is 5.92 Å². The highest BCUT2D eigenvalue weighted by Gasteiger charge is 1.96. The van der Waals surface area contributed by atoms with Crippen LogP contribution < -0.4 is 5.32 Å². The highest BCUT2D eigenvalue weighted by atomic mass is 35.5. The second kappa shape index (κ2) is 23.0. The van der Waals surface area contributed by atoms with E-state index in [2.05, 4.69) is 25.7 Å². The van der Waals surface area contributed by atoms with Crippen molar-refractivity contribution in [3.8, 4) is 0 Å². The van der Waals surface area contributed by atoms with Gasteiger partial charge in [0.1, 0.15) is 0 Å². The van der Waals surface area contributed by atoms with E-state index in [0.29, 0.717) is 0 Å². The molecule has 1 nitrogen and oxygen atoms in total. The van der Waals surface area contributed by atoms with E-state index in [4.69, 9.17) is 0 Å². The lowest BCUT2D eigenvalue weighted by molar-refractivity contribution is 0.502. The van der Waals surface area contributed by atoms with Crippen LogP contribution in [-0.2, 0) is 0 Å². The van der Waals surface area contributed by atoms with Crippen LogP contribution in [0.25, 0.3) is 0 Å². The SMILES string of the molecule is C=CCNCCCCCCCCCCCCCCCCC(C)C.Cl. The molecule has 1 N–H and O–H groups in total. The molecule has 0 spiro atoms. The topological polar surface area (TPSA) is 12.0 Å². The molecule has 146 valence electrons. The summed E-state index contributed by atoms with van der Waals surface area (Å²) in [6.07, 6.45) is 23.6. The Labute approximate surface area is 159 Å². The fraction of sp³-hybridized carbons (Fsp3) is 0.909. The molecule has 0 aromatic carbocycles. The van der Waals surface area contributed by atoms with Crippen molar-refractivity contribution >= 4 is 12.4 Å². The van der Waals surface area contributed by atoms with Gasteiger partial charge in [-0.25, -0.2) is 0 Å². The van der Waals surface area contributed by atoms with Crippen LogP contribution >= 0.6 is 12.4 Å². The van der Waals surface area contributed by atoms with E-state index in [1.165, 1.54) is 96.3 Å². The monoisotopic (exact) mass is 359 g/mol. The Morgan fingerprint density at radius 3 is 1.42 bits per heavy atom. The summed E-state index contributed by atoms with van der Waals surface area (Å²) in [6.45, 7) is 10.5. The van der Waals surface area contributed by atoms with Gasteiger partial charge in [0.15, 0.2) is 0 Å². The average molecular weight is 360 g/mol. The van der Waals surface area contributed by atoms with Gasteiger partial charge in [-0.3, -0.25) is 0 Å². The molecule has 0 unspecified atom stereocenters. The highest BCUT2D eigenvalue weighted by molar-refractivity contribution is 5.85.